The van der Waals surface area contributed by atoms with Gasteiger partial charge in [-0.1, -0.05) is 59.8 Å². The summed E-state index contributed by atoms with van der Waals surface area (Å²) >= 11 is 0. The van der Waals surface area contributed by atoms with Crippen molar-refractivity contribution in [3.63, 3.8) is 0 Å². The van der Waals surface area contributed by atoms with Crippen molar-refractivity contribution in [2.24, 2.45) is 5.73 Å². The Morgan fingerprint density at radius 3 is 2.33 bits per heavy atom. The Labute approximate surface area is 164 Å². The monoisotopic (exact) mass is 383 g/mol. The van der Waals surface area contributed by atoms with Crippen molar-refractivity contribution in [3.05, 3.63) is 71.9 Å². The highest BCUT2D eigenvalue weighted by Crippen LogP contribution is 2.36. The van der Waals surface area contributed by atoms with Crippen LogP contribution in [0.5, 0.6) is 0 Å². The van der Waals surface area contributed by atoms with E-state index in [9.17, 15) is 4.79 Å². The van der Waals surface area contributed by atoms with E-state index < -0.39 is 5.54 Å². The molecule has 0 bridgehead atoms. The van der Waals surface area contributed by atoms with E-state index in [-0.39, 0.29) is 18.2 Å². The van der Waals surface area contributed by atoms with Gasteiger partial charge in [0.2, 0.25) is 5.89 Å². The van der Waals surface area contributed by atoms with Gasteiger partial charge in [0.05, 0.1) is 5.54 Å². The van der Waals surface area contributed by atoms with Gasteiger partial charge in [-0.25, -0.2) is 0 Å². The van der Waals surface area contributed by atoms with Crippen molar-refractivity contribution in [1.82, 2.24) is 10.1 Å². The number of aromatic nitrogens is 2. The van der Waals surface area contributed by atoms with Crippen molar-refractivity contribution >= 4 is 18.2 Å². The van der Waals surface area contributed by atoms with Crippen LogP contribution in [0.2, 0.25) is 0 Å². The van der Waals surface area contributed by atoms with Crippen LogP contribution < -0.4 is 5.73 Å². The third-order valence-corrected chi connectivity index (χ3v) is 5.04. The van der Waals surface area contributed by atoms with E-state index >= 15 is 0 Å². The number of carbonyl (C=O) groups excluding carboxylic acids is 1. The van der Waals surface area contributed by atoms with Crippen LogP contribution >= 0.6 is 12.4 Å². The second-order valence-electron chi connectivity index (χ2n) is 6.89. The van der Waals surface area contributed by atoms with Gasteiger partial charge in [-0.15, -0.1) is 12.4 Å². The maximum Gasteiger partial charge on any atom is 0.227 e. The highest BCUT2D eigenvalue weighted by atomic mass is 35.5. The van der Waals surface area contributed by atoms with Crippen LogP contribution in [0.25, 0.3) is 11.1 Å². The Kier molecular flexibility index (Phi) is 5.73. The van der Waals surface area contributed by atoms with Crippen LogP contribution in [-0.2, 0) is 12.0 Å². The summed E-state index contributed by atoms with van der Waals surface area (Å²) in [6, 6.07) is 17.8. The van der Waals surface area contributed by atoms with Gasteiger partial charge in [-0.2, -0.15) is 4.98 Å². The van der Waals surface area contributed by atoms with Crippen LogP contribution in [0, 0.1) is 0 Å². The van der Waals surface area contributed by atoms with Crippen LogP contribution in [-0.4, -0.2) is 15.9 Å². The smallest absolute Gasteiger partial charge is 0.227 e. The number of nitrogens with two attached hydrogens (primary N) is 1. The SMILES string of the molecule is Cl.NC1(c2noc(CCC(=O)c3ccc(-c4ccccc4)cc3)n2)CCC1. The zero-order valence-corrected chi connectivity index (χ0v) is 15.7. The van der Waals surface area contributed by atoms with E-state index in [1.165, 1.54) is 0 Å². The molecule has 0 spiro atoms. The van der Waals surface area contributed by atoms with Crippen molar-refractivity contribution in [3.8, 4) is 11.1 Å². The zero-order valence-electron chi connectivity index (χ0n) is 14.9. The van der Waals surface area contributed by atoms with E-state index in [0.29, 0.717) is 30.1 Å². The average Bonchev–Trinajstić information content (AvgIpc) is 3.14. The first-order valence-electron chi connectivity index (χ1n) is 8.95. The topological polar surface area (TPSA) is 82.0 Å². The molecule has 2 aromatic carbocycles. The number of nitrogens with zero attached hydrogens (tertiary/aromatic N) is 2. The highest BCUT2D eigenvalue weighted by molar-refractivity contribution is 5.96. The number of benzene rings is 2. The molecule has 0 aliphatic heterocycles. The van der Waals surface area contributed by atoms with Crippen molar-refractivity contribution in [2.45, 2.75) is 37.6 Å². The standard InChI is InChI=1S/C21H21N3O2.ClH/c22-21(13-4-14-21)20-23-19(26-24-20)12-11-18(25)17-9-7-16(8-10-17)15-5-2-1-3-6-15;/h1-3,5-10H,4,11-14,22H2;1H. The van der Waals surface area contributed by atoms with E-state index in [4.69, 9.17) is 10.3 Å². The third-order valence-electron chi connectivity index (χ3n) is 5.04. The van der Waals surface area contributed by atoms with Crippen LogP contribution in [0.3, 0.4) is 0 Å². The second-order valence-corrected chi connectivity index (χ2v) is 6.89. The van der Waals surface area contributed by atoms with Crippen molar-refractivity contribution in [1.29, 1.82) is 0 Å². The summed E-state index contributed by atoms with van der Waals surface area (Å²) in [5.41, 5.74) is 8.69. The lowest BCUT2D eigenvalue weighted by Crippen LogP contribution is -2.44. The number of hydrogen-bond donors (Lipinski definition) is 1. The number of hydrogen-bond acceptors (Lipinski definition) is 5. The fourth-order valence-electron chi connectivity index (χ4n) is 3.18. The predicted octanol–water partition coefficient (Wildman–Crippen LogP) is 4.31. The van der Waals surface area contributed by atoms with E-state index in [1.54, 1.807) is 0 Å². The predicted molar refractivity (Wildman–Crippen MR) is 106 cm³/mol. The molecule has 3 aromatic rings. The van der Waals surface area contributed by atoms with Crippen molar-refractivity contribution < 1.29 is 9.32 Å². The van der Waals surface area contributed by atoms with Gasteiger partial charge in [-0.3, -0.25) is 4.79 Å². The quantitative estimate of drug-likeness (QED) is 0.641. The number of rotatable bonds is 6. The van der Waals surface area contributed by atoms with Crippen molar-refractivity contribution in [2.75, 3.05) is 0 Å². The van der Waals surface area contributed by atoms with E-state index in [2.05, 4.69) is 22.3 Å². The molecule has 0 atom stereocenters. The molecule has 1 aromatic heterocycles. The molecule has 27 heavy (non-hydrogen) atoms. The first-order valence-corrected chi connectivity index (χ1v) is 8.95. The first-order chi connectivity index (χ1) is 12.6. The van der Waals surface area contributed by atoms with Gasteiger partial charge < -0.3 is 10.3 Å². The maximum atomic E-state index is 12.4. The Morgan fingerprint density at radius 1 is 1.04 bits per heavy atom. The Hall–Kier alpha value is -2.50. The van der Waals surface area contributed by atoms with Gasteiger partial charge in [0, 0.05) is 18.4 Å². The second kappa shape index (κ2) is 8.03. The molecule has 1 aliphatic rings. The molecule has 0 unspecified atom stereocenters. The van der Waals surface area contributed by atoms with Crippen LogP contribution in [0.15, 0.2) is 59.1 Å². The van der Waals surface area contributed by atoms with Gasteiger partial charge in [0.1, 0.15) is 0 Å². The highest BCUT2D eigenvalue weighted by Gasteiger charge is 2.38. The molecular weight excluding hydrogens is 362 g/mol. The maximum absolute atomic E-state index is 12.4. The van der Waals surface area contributed by atoms with Gasteiger partial charge in [0.15, 0.2) is 11.6 Å². The van der Waals surface area contributed by atoms with E-state index in [1.807, 2.05) is 42.5 Å². The molecule has 1 heterocycles. The fourth-order valence-corrected chi connectivity index (χ4v) is 3.18. The van der Waals surface area contributed by atoms with E-state index in [0.717, 1.165) is 30.4 Å². The number of halogens is 1. The number of Topliss-reactive ketones (excluding diaryl/α,β-unsaturated/α-hetero) is 1. The lowest BCUT2D eigenvalue weighted by atomic mass is 9.77. The Bertz CT molecular complexity index is 903. The molecule has 5 nitrogen and oxygen atoms in total. The molecule has 0 amide bonds. The molecule has 1 aliphatic carbocycles. The lowest BCUT2D eigenvalue weighted by molar-refractivity contribution is 0.0979. The summed E-state index contributed by atoms with van der Waals surface area (Å²) in [5.74, 6) is 1.11. The first kappa shape index (κ1) is 19.3. The summed E-state index contributed by atoms with van der Waals surface area (Å²) in [7, 11) is 0. The normalized spacial score (nSPS) is 14.9. The minimum atomic E-state index is -0.432. The van der Waals surface area contributed by atoms with Crippen LogP contribution in [0.1, 0.15) is 47.8 Å². The Morgan fingerprint density at radius 2 is 1.70 bits per heavy atom. The summed E-state index contributed by atoms with van der Waals surface area (Å²) < 4.78 is 5.26. The third kappa shape index (κ3) is 4.10. The minimum Gasteiger partial charge on any atom is -0.339 e. The molecule has 2 N–H and O–H groups in total. The summed E-state index contributed by atoms with van der Waals surface area (Å²) in [5, 5.41) is 3.98. The summed E-state index contributed by atoms with van der Waals surface area (Å²) in [4.78, 5) is 16.8. The van der Waals surface area contributed by atoms with Gasteiger partial charge in [-0.05, 0) is 30.4 Å². The van der Waals surface area contributed by atoms with Gasteiger partial charge in [0.25, 0.3) is 0 Å². The lowest BCUT2D eigenvalue weighted by Gasteiger charge is -2.34. The fraction of sp³-hybridized carbons (Fsp3) is 0.286. The molecular formula is C21H22ClN3O2. The summed E-state index contributed by atoms with van der Waals surface area (Å²) in [6.07, 6.45) is 3.64. The number of carbonyl (C=O) groups is 1. The van der Waals surface area contributed by atoms with Crippen LogP contribution in [0.4, 0.5) is 0 Å². The Balaban J connectivity index is 0.00000210. The molecule has 1 saturated carbocycles. The summed E-state index contributed by atoms with van der Waals surface area (Å²) in [6.45, 7) is 0. The molecule has 0 radical (unpaired) electrons. The number of ketones is 1. The zero-order chi connectivity index (χ0) is 18.0. The molecule has 4 rings (SSSR count). The average molecular weight is 384 g/mol. The molecule has 6 heteroatoms. The molecule has 1 fully saturated rings. The molecule has 140 valence electrons. The largest absolute Gasteiger partial charge is 0.339 e. The minimum absolute atomic E-state index is 0. The number of aryl methyl sites for hydroxylation is 1. The van der Waals surface area contributed by atoms with Gasteiger partial charge >= 0.3 is 0 Å². The molecule has 0 saturated heterocycles.